The molecular weight excluding hydrogens is 384 g/mol. The van der Waals surface area contributed by atoms with Crippen LogP contribution in [0.1, 0.15) is 36.2 Å². The summed E-state index contributed by atoms with van der Waals surface area (Å²) < 4.78 is 30.9. The summed E-state index contributed by atoms with van der Waals surface area (Å²) in [6.45, 7) is 6.75. The lowest BCUT2D eigenvalue weighted by molar-refractivity contribution is 0.301. The molecule has 0 aliphatic rings. The van der Waals surface area contributed by atoms with Crippen molar-refractivity contribution in [1.29, 1.82) is 0 Å². The van der Waals surface area contributed by atoms with Crippen LogP contribution in [0.15, 0.2) is 66.7 Å². The summed E-state index contributed by atoms with van der Waals surface area (Å²) in [4.78, 5) is 4.26. The van der Waals surface area contributed by atoms with E-state index in [9.17, 15) is 8.42 Å². The predicted molar refractivity (Wildman–Crippen MR) is 117 cm³/mol. The molecule has 2 aromatic carbocycles. The first-order valence-corrected chi connectivity index (χ1v) is 11.3. The number of aryl methyl sites for hydroxylation is 1. The van der Waals surface area contributed by atoms with Crippen molar-refractivity contribution in [2.24, 2.45) is 0 Å². The molecule has 6 heteroatoms. The minimum Gasteiger partial charge on any atom is -0.487 e. The molecule has 0 atom stereocenters. The average molecular weight is 411 g/mol. The lowest BCUT2D eigenvalue weighted by atomic mass is 9.78. The number of pyridine rings is 1. The zero-order valence-corrected chi connectivity index (χ0v) is 18.0. The first-order chi connectivity index (χ1) is 13.6. The lowest BCUT2D eigenvalue weighted by Crippen LogP contribution is -2.18. The van der Waals surface area contributed by atoms with Crippen molar-refractivity contribution in [3.8, 4) is 5.75 Å². The highest BCUT2D eigenvalue weighted by Gasteiger charge is 2.22. The van der Waals surface area contributed by atoms with Gasteiger partial charge in [-0.15, -0.1) is 0 Å². The van der Waals surface area contributed by atoms with E-state index in [-0.39, 0.29) is 17.8 Å². The van der Waals surface area contributed by atoms with E-state index < -0.39 is 10.0 Å². The van der Waals surface area contributed by atoms with Gasteiger partial charge in [-0.3, -0.25) is 4.72 Å². The largest absolute Gasteiger partial charge is 0.487 e. The van der Waals surface area contributed by atoms with Crippen LogP contribution in [0.3, 0.4) is 0 Å². The van der Waals surface area contributed by atoms with Gasteiger partial charge in [0.25, 0.3) is 0 Å². The molecule has 3 aromatic rings. The smallest absolute Gasteiger partial charge is 0.230 e. The highest BCUT2D eigenvalue weighted by atomic mass is 32.2. The normalized spacial score (nSPS) is 11.9. The molecule has 29 heavy (non-hydrogen) atoms. The number of nitrogens with zero attached hydrogens (tertiary/aromatic N) is 1. The summed E-state index contributed by atoms with van der Waals surface area (Å²) in [6.07, 6.45) is 1.09. The molecule has 0 radical (unpaired) electrons. The Kier molecular flexibility index (Phi) is 5.94. The summed E-state index contributed by atoms with van der Waals surface area (Å²) in [5, 5.41) is 0. The van der Waals surface area contributed by atoms with E-state index in [0.717, 1.165) is 12.0 Å². The van der Waals surface area contributed by atoms with Crippen molar-refractivity contribution in [3.63, 3.8) is 0 Å². The number of anilines is 1. The topological polar surface area (TPSA) is 68.3 Å². The molecule has 0 saturated heterocycles. The van der Waals surface area contributed by atoms with Gasteiger partial charge < -0.3 is 4.74 Å². The Balaban J connectivity index is 1.68. The molecule has 5 nitrogen and oxygen atoms in total. The Labute approximate surface area is 172 Å². The summed E-state index contributed by atoms with van der Waals surface area (Å²) in [5.41, 5.74) is 4.24. The van der Waals surface area contributed by atoms with E-state index in [0.29, 0.717) is 5.69 Å². The Hall–Kier alpha value is -2.86. The number of hydrogen-bond acceptors (Lipinski definition) is 4. The number of sulfonamides is 1. The van der Waals surface area contributed by atoms with Crippen LogP contribution in [0, 0.1) is 6.92 Å². The molecule has 1 N–H and O–H groups in total. The van der Waals surface area contributed by atoms with Gasteiger partial charge >= 0.3 is 0 Å². The van der Waals surface area contributed by atoms with E-state index >= 15 is 0 Å². The van der Waals surface area contributed by atoms with Crippen molar-refractivity contribution < 1.29 is 13.2 Å². The summed E-state index contributed by atoms with van der Waals surface area (Å²) in [7, 11) is -3.36. The first-order valence-electron chi connectivity index (χ1n) is 9.38. The number of rotatable bonds is 7. The molecule has 0 aliphatic carbocycles. The molecule has 0 unspecified atom stereocenters. The molecule has 0 bridgehead atoms. The zero-order chi connectivity index (χ0) is 21.1. The maximum absolute atomic E-state index is 11.3. The summed E-state index contributed by atoms with van der Waals surface area (Å²) >= 11 is 0. The fourth-order valence-electron chi connectivity index (χ4n) is 3.07. The van der Waals surface area contributed by atoms with E-state index in [4.69, 9.17) is 4.74 Å². The second kappa shape index (κ2) is 8.25. The van der Waals surface area contributed by atoms with Crippen LogP contribution in [-0.4, -0.2) is 19.7 Å². The third-order valence-electron chi connectivity index (χ3n) is 4.83. The Morgan fingerprint density at radius 3 is 2.10 bits per heavy atom. The van der Waals surface area contributed by atoms with Gasteiger partial charge in [0.1, 0.15) is 18.2 Å². The number of benzene rings is 2. The fourth-order valence-corrected chi connectivity index (χ4v) is 3.56. The average Bonchev–Trinajstić information content (AvgIpc) is 2.66. The lowest BCUT2D eigenvalue weighted by Gasteiger charge is -2.26. The van der Waals surface area contributed by atoms with Crippen molar-refractivity contribution in [3.05, 3.63) is 89.1 Å². The van der Waals surface area contributed by atoms with Crippen LogP contribution in [-0.2, 0) is 22.0 Å². The highest BCUT2D eigenvalue weighted by Crippen LogP contribution is 2.32. The Morgan fingerprint density at radius 2 is 1.52 bits per heavy atom. The van der Waals surface area contributed by atoms with Gasteiger partial charge in [-0.25, -0.2) is 13.4 Å². The second-order valence-corrected chi connectivity index (χ2v) is 9.44. The number of ether oxygens (including phenoxy) is 1. The monoisotopic (exact) mass is 410 g/mol. The van der Waals surface area contributed by atoms with E-state index in [2.05, 4.69) is 66.9 Å². The molecule has 0 saturated carbocycles. The zero-order valence-electron chi connectivity index (χ0n) is 17.1. The van der Waals surface area contributed by atoms with E-state index in [1.54, 1.807) is 18.2 Å². The molecule has 1 aromatic heterocycles. The minimum absolute atomic E-state index is 0.112. The van der Waals surface area contributed by atoms with Crippen molar-refractivity contribution in [1.82, 2.24) is 4.98 Å². The van der Waals surface area contributed by atoms with Gasteiger partial charge in [-0.1, -0.05) is 61.9 Å². The number of nitrogens with one attached hydrogen (secondary N) is 1. The van der Waals surface area contributed by atoms with Gasteiger partial charge in [-0.2, -0.15) is 0 Å². The quantitative estimate of drug-likeness (QED) is 0.615. The summed E-state index contributed by atoms with van der Waals surface area (Å²) in [6, 6.07) is 21.8. The van der Waals surface area contributed by atoms with Crippen LogP contribution in [0.4, 0.5) is 5.82 Å². The molecule has 1 heterocycles. The van der Waals surface area contributed by atoms with E-state index in [1.807, 2.05) is 12.1 Å². The molecule has 0 aliphatic heterocycles. The van der Waals surface area contributed by atoms with Gasteiger partial charge in [0.15, 0.2) is 0 Å². The Morgan fingerprint density at radius 1 is 0.931 bits per heavy atom. The van der Waals surface area contributed by atoms with Crippen molar-refractivity contribution >= 4 is 15.8 Å². The van der Waals surface area contributed by atoms with Crippen LogP contribution in [0.25, 0.3) is 0 Å². The van der Waals surface area contributed by atoms with Gasteiger partial charge in [0, 0.05) is 5.41 Å². The van der Waals surface area contributed by atoms with Crippen molar-refractivity contribution in [2.75, 3.05) is 11.0 Å². The van der Waals surface area contributed by atoms with Gasteiger partial charge in [-0.05, 0) is 42.3 Å². The molecule has 3 rings (SSSR count). The fraction of sp³-hybridized carbons (Fsp3) is 0.261. The number of hydrogen-bond donors (Lipinski definition) is 1. The maximum atomic E-state index is 11.3. The van der Waals surface area contributed by atoms with Crippen molar-refractivity contribution in [2.45, 2.75) is 32.8 Å². The van der Waals surface area contributed by atoms with E-state index in [1.165, 1.54) is 16.7 Å². The molecule has 0 spiro atoms. The van der Waals surface area contributed by atoms with Gasteiger partial charge in [0.05, 0.1) is 11.9 Å². The standard InChI is InChI=1S/C23H26N2O3S/c1-17-8-10-18(11-9-17)23(2,3)19-12-14-21(15-13-19)28-16-20-6-5-7-22(24-20)25-29(4,26)27/h5-15H,16H2,1-4H3,(H,24,25). The molecular formula is C23H26N2O3S. The summed E-state index contributed by atoms with van der Waals surface area (Å²) in [5.74, 6) is 1.01. The minimum atomic E-state index is -3.36. The highest BCUT2D eigenvalue weighted by molar-refractivity contribution is 7.92. The maximum Gasteiger partial charge on any atom is 0.230 e. The van der Waals surface area contributed by atoms with Crippen LogP contribution >= 0.6 is 0 Å². The van der Waals surface area contributed by atoms with Gasteiger partial charge in [0.2, 0.25) is 10.0 Å². The molecule has 0 amide bonds. The molecule has 0 fully saturated rings. The van der Waals surface area contributed by atoms with Crippen LogP contribution in [0.2, 0.25) is 0 Å². The Bertz CT molecular complexity index is 1070. The molecule has 152 valence electrons. The SMILES string of the molecule is Cc1ccc(C(C)(C)c2ccc(OCc3cccc(NS(C)(=O)=O)n3)cc2)cc1. The predicted octanol–water partition coefficient (Wildman–Crippen LogP) is 4.67. The van der Waals surface area contributed by atoms with Crippen LogP contribution < -0.4 is 9.46 Å². The van der Waals surface area contributed by atoms with Crippen LogP contribution in [0.5, 0.6) is 5.75 Å². The second-order valence-electron chi connectivity index (χ2n) is 7.69. The third kappa shape index (κ3) is 5.57. The number of aromatic nitrogens is 1. The first kappa shape index (κ1) is 20.9. The third-order valence-corrected chi connectivity index (χ3v) is 5.41.